The predicted molar refractivity (Wildman–Crippen MR) is 125 cm³/mol. The zero-order valence-electron chi connectivity index (χ0n) is 18.7. The molecule has 1 amide bonds. The highest BCUT2D eigenvalue weighted by atomic mass is 16.3. The van der Waals surface area contributed by atoms with Gasteiger partial charge in [-0.05, 0) is 56.4 Å². The molecule has 0 radical (unpaired) electrons. The van der Waals surface area contributed by atoms with Crippen molar-refractivity contribution in [2.24, 2.45) is 5.10 Å². The summed E-state index contributed by atoms with van der Waals surface area (Å²) in [6.07, 6.45) is 2.36. The molecule has 1 unspecified atom stereocenters. The van der Waals surface area contributed by atoms with Gasteiger partial charge in [-0.2, -0.15) is 5.10 Å². The third-order valence-electron chi connectivity index (χ3n) is 6.32. The van der Waals surface area contributed by atoms with Crippen LogP contribution in [-0.2, 0) is 6.42 Å². The van der Waals surface area contributed by atoms with Gasteiger partial charge in [-0.1, -0.05) is 42.5 Å². The number of nitrogens with zero attached hydrogens (tertiary/aromatic N) is 2. The van der Waals surface area contributed by atoms with Gasteiger partial charge in [-0.3, -0.25) is 4.79 Å². The number of benzene rings is 2. The van der Waals surface area contributed by atoms with Gasteiger partial charge in [-0.25, -0.2) is 0 Å². The van der Waals surface area contributed by atoms with Crippen molar-refractivity contribution in [2.75, 3.05) is 13.6 Å². The number of hydrogen-bond donors (Lipinski definition) is 3. The van der Waals surface area contributed by atoms with E-state index in [2.05, 4.69) is 22.6 Å². The van der Waals surface area contributed by atoms with Crippen LogP contribution in [0.25, 0.3) is 0 Å². The lowest BCUT2D eigenvalue weighted by Crippen LogP contribution is -2.50. The van der Waals surface area contributed by atoms with Crippen molar-refractivity contribution in [3.8, 4) is 0 Å². The SMILES string of the molecule is C=NNCC(C)(C)N(C)C(=O)c1ccc(C[C@@H]2CCC([C@H](O)c3ccccc3)N2)cc1. The molecule has 6 heteroatoms. The monoisotopic (exact) mass is 422 g/mol. The van der Waals surface area contributed by atoms with Crippen LogP contribution in [0.5, 0.6) is 0 Å². The third kappa shape index (κ3) is 5.71. The first-order valence-electron chi connectivity index (χ1n) is 10.9. The Morgan fingerprint density at radius 1 is 1.23 bits per heavy atom. The summed E-state index contributed by atoms with van der Waals surface area (Å²) in [4.78, 5) is 14.6. The van der Waals surface area contributed by atoms with E-state index in [1.807, 2.05) is 75.5 Å². The molecule has 0 aromatic heterocycles. The van der Waals surface area contributed by atoms with Gasteiger partial charge in [0.25, 0.3) is 5.91 Å². The fourth-order valence-corrected chi connectivity index (χ4v) is 4.05. The van der Waals surface area contributed by atoms with E-state index in [4.69, 9.17) is 0 Å². The maximum atomic E-state index is 12.9. The number of hydrazone groups is 1. The molecular weight excluding hydrogens is 388 g/mol. The first-order chi connectivity index (χ1) is 14.8. The van der Waals surface area contributed by atoms with Crippen molar-refractivity contribution in [2.45, 2.75) is 56.8 Å². The van der Waals surface area contributed by atoms with Gasteiger partial charge < -0.3 is 20.7 Å². The van der Waals surface area contributed by atoms with Crippen LogP contribution in [0.4, 0.5) is 0 Å². The van der Waals surface area contributed by atoms with Crippen LogP contribution in [-0.4, -0.2) is 53.8 Å². The van der Waals surface area contributed by atoms with Crippen LogP contribution in [0.3, 0.4) is 0 Å². The molecule has 0 bridgehead atoms. The largest absolute Gasteiger partial charge is 0.387 e. The zero-order chi connectivity index (χ0) is 22.4. The highest BCUT2D eigenvalue weighted by Crippen LogP contribution is 2.27. The molecule has 0 saturated carbocycles. The van der Waals surface area contributed by atoms with Crippen LogP contribution in [0.2, 0.25) is 0 Å². The minimum absolute atomic E-state index is 0.0209. The van der Waals surface area contributed by atoms with Gasteiger partial charge in [0.2, 0.25) is 0 Å². The normalized spacial score (nSPS) is 19.6. The van der Waals surface area contributed by atoms with Gasteiger partial charge in [0.05, 0.1) is 18.2 Å². The van der Waals surface area contributed by atoms with Crippen molar-refractivity contribution in [3.05, 3.63) is 71.3 Å². The highest BCUT2D eigenvalue weighted by molar-refractivity contribution is 5.94. The van der Waals surface area contributed by atoms with Crippen LogP contribution >= 0.6 is 0 Å². The van der Waals surface area contributed by atoms with E-state index in [0.717, 1.165) is 24.8 Å². The Hall–Kier alpha value is -2.70. The van der Waals surface area contributed by atoms with Crippen molar-refractivity contribution in [1.82, 2.24) is 15.6 Å². The van der Waals surface area contributed by atoms with E-state index in [0.29, 0.717) is 18.2 Å². The van der Waals surface area contributed by atoms with E-state index in [9.17, 15) is 9.90 Å². The molecule has 1 aliphatic rings. The zero-order valence-corrected chi connectivity index (χ0v) is 18.7. The molecule has 3 atom stereocenters. The Balaban J connectivity index is 1.56. The lowest BCUT2D eigenvalue weighted by atomic mass is 10.00. The molecule has 2 aromatic rings. The van der Waals surface area contributed by atoms with E-state index >= 15 is 0 Å². The number of carbonyl (C=O) groups excluding carboxylic acids is 1. The van der Waals surface area contributed by atoms with Crippen molar-refractivity contribution >= 4 is 12.6 Å². The van der Waals surface area contributed by atoms with Crippen LogP contribution in [0.15, 0.2) is 59.7 Å². The standard InChI is InChI=1S/C25H34N4O2/c1-25(2,17-27-26-3)29(4)24(31)20-12-10-18(11-13-20)16-21-14-15-22(28-21)23(30)19-8-6-5-7-9-19/h5-13,21-23,27-28,30H,3,14-17H2,1-2,4H3/t21-,22?,23+/m0/s1. The Labute approximate surface area is 185 Å². The summed E-state index contributed by atoms with van der Waals surface area (Å²) in [5.74, 6) is -0.0209. The number of hydrogen-bond acceptors (Lipinski definition) is 5. The Bertz CT molecular complexity index is 867. The first kappa shape index (κ1) is 23.0. The summed E-state index contributed by atoms with van der Waals surface area (Å²) >= 11 is 0. The minimum atomic E-state index is -0.490. The smallest absolute Gasteiger partial charge is 0.254 e. The van der Waals surface area contributed by atoms with E-state index in [-0.39, 0.29) is 17.5 Å². The number of amides is 1. The van der Waals surface area contributed by atoms with Crippen molar-refractivity contribution in [3.63, 3.8) is 0 Å². The number of carbonyl (C=O) groups is 1. The summed E-state index contributed by atoms with van der Waals surface area (Å²) in [6, 6.07) is 18.1. The highest BCUT2D eigenvalue weighted by Gasteiger charge is 2.30. The van der Waals surface area contributed by atoms with E-state index < -0.39 is 6.10 Å². The topological polar surface area (TPSA) is 77.0 Å². The fraction of sp³-hybridized carbons (Fsp3) is 0.440. The average molecular weight is 423 g/mol. The molecule has 6 nitrogen and oxygen atoms in total. The lowest BCUT2D eigenvalue weighted by Gasteiger charge is -2.35. The number of aliphatic hydroxyl groups excluding tert-OH is 1. The van der Waals surface area contributed by atoms with Crippen LogP contribution < -0.4 is 10.7 Å². The molecule has 1 heterocycles. The lowest BCUT2D eigenvalue weighted by molar-refractivity contribution is 0.0627. The Morgan fingerprint density at radius 2 is 1.90 bits per heavy atom. The van der Waals surface area contributed by atoms with Crippen LogP contribution in [0.1, 0.15) is 54.3 Å². The molecule has 31 heavy (non-hydrogen) atoms. The number of aliphatic hydroxyl groups is 1. The van der Waals surface area contributed by atoms with Crippen molar-refractivity contribution < 1.29 is 9.90 Å². The second-order valence-corrected chi connectivity index (χ2v) is 8.97. The van der Waals surface area contributed by atoms with Crippen LogP contribution in [0, 0.1) is 0 Å². The van der Waals surface area contributed by atoms with Gasteiger partial charge in [-0.15, -0.1) is 0 Å². The second-order valence-electron chi connectivity index (χ2n) is 8.97. The van der Waals surface area contributed by atoms with E-state index in [1.54, 1.807) is 4.90 Å². The summed E-state index contributed by atoms with van der Waals surface area (Å²) in [5, 5.41) is 17.9. The third-order valence-corrected chi connectivity index (χ3v) is 6.32. The minimum Gasteiger partial charge on any atom is -0.387 e. The molecule has 0 aliphatic carbocycles. The molecule has 0 spiro atoms. The van der Waals surface area contributed by atoms with Gasteiger partial charge in [0, 0.05) is 31.4 Å². The second kappa shape index (κ2) is 10.1. The summed E-state index contributed by atoms with van der Waals surface area (Å²) < 4.78 is 0. The molecule has 166 valence electrons. The molecule has 1 fully saturated rings. The molecule has 2 aromatic carbocycles. The number of rotatable bonds is 9. The predicted octanol–water partition coefficient (Wildman–Crippen LogP) is 3.14. The van der Waals surface area contributed by atoms with Gasteiger partial charge in [0.15, 0.2) is 0 Å². The van der Waals surface area contributed by atoms with Gasteiger partial charge >= 0.3 is 0 Å². The summed E-state index contributed by atoms with van der Waals surface area (Å²) in [6.45, 7) is 7.93. The Morgan fingerprint density at radius 3 is 2.55 bits per heavy atom. The fourth-order valence-electron chi connectivity index (χ4n) is 4.05. The first-order valence-corrected chi connectivity index (χ1v) is 10.9. The van der Waals surface area contributed by atoms with E-state index in [1.165, 1.54) is 5.56 Å². The molecule has 1 aliphatic heterocycles. The summed E-state index contributed by atoms with van der Waals surface area (Å²) in [7, 11) is 1.81. The quantitative estimate of drug-likeness (QED) is 0.429. The molecule has 3 rings (SSSR count). The number of likely N-dealkylation sites (N-methyl/N-ethyl adjacent to an activating group) is 1. The molecule has 3 N–H and O–H groups in total. The summed E-state index contributed by atoms with van der Waals surface area (Å²) in [5.41, 5.74) is 5.26. The van der Waals surface area contributed by atoms with Crippen molar-refractivity contribution in [1.29, 1.82) is 0 Å². The maximum absolute atomic E-state index is 12.9. The Kier molecular flexibility index (Phi) is 7.46. The maximum Gasteiger partial charge on any atom is 0.254 e. The average Bonchev–Trinajstić information content (AvgIpc) is 3.25. The molecule has 1 saturated heterocycles. The molecular formula is C25H34N4O2. The number of nitrogens with one attached hydrogen (secondary N) is 2. The van der Waals surface area contributed by atoms with Gasteiger partial charge in [0.1, 0.15) is 0 Å².